The molecule has 1 aliphatic rings. The second kappa shape index (κ2) is 7.19. The van der Waals surface area contributed by atoms with Gasteiger partial charge in [0.15, 0.2) is 0 Å². The van der Waals surface area contributed by atoms with Gasteiger partial charge < -0.3 is 5.32 Å². The molecular formula is C12H18IN3S2. The summed E-state index contributed by atoms with van der Waals surface area (Å²) in [4.78, 5) is 9.40. The Labute approximate surface area is 131 Å². The first-order valence-corrected chi connectivity index (χ1v) is 9.47. The maximum atomic E-state index is 4.73. The minimum Gasteiger partial charge on any atom is -0.369 e. The predicted molar refractivity (Wildman–Crippen MR) is 90.8 cm³/mol. The molecule has 1 N–H and O–H groups in total. The van der Waals surface area contributed by atoms with Crippen LogP contribution in [-0.2, 0) is 0 Å². The number of anilines is 1. The summed E-state index contributed by atoms with van der Waals surface area (Å²) in [6.07, 6.45) is 1.11. The zero-order chi connectivity index (χ0) is 13.0. The maximum Gasteiger partial charge on any atom is 0.144 e. The van der Waals surface area contributed by atoms with Crippen molar-refractivity contribution in [2.45, 2.75) is 25.5 Å². The average molecular weight is 395 g/mol. The number of thioether (sulfide) groups is 2. The third-order valence-corrected chi connectivity index (χ3v) is 6.72. The molecule has 18 heavy (non-hydrogen) atoms. The van der Waals surface area contributed by atoms with Crippen LogP contribution in [0.25, 0.3) is 0 Å². The van der Waals surface area contributed by atoms with Gasteiger partial charge in [-0.3, -0.25) is 0 Å². The van der Waals surface area contributed by atoms with Crippen LogP contribution in [0.5, 0.6) is 0 Å². The van der Waals surface area contributed by atoms with E-state index in [1.165, 1.54) is 11.5 Å². The Bertz CT molecular complexity index is 409. The standard InChI is InChI=1S/C12H18IN3S2/c1-3-4-14-12-10(13)8(2)15-11(16-12)9-7-17-5-6-18-9/h9H,3-7H2,1-2H3,(H,14,15,16). The monoisotopic (exact) mass is 395 g/mol. The van der Waals surface area contributed by atoms with Gasteiger partial charge in [0.1, 0.15) is 11.6 Å². The van der Waals surface area contributed by atoms with Crippen molar-refractivity contribution >= 4 is 51.9 Å². The molecule has 0 aliphatic carbocycles. The Morgan fingerprint density at radius 2 is 2.22 bits per heavy atom. The third kappa shape index (κ3) is 3.66. The van der Waals surface area contributed by atoms with Gasteiger partial charge in [0.05, 0.1) is 14.5 Å². The summed E-state index contributed by atoms with van der Waals surface area (Å²) < 4.78 is 1.15. The van der Waals surface area contributed by atoms with E-state index in [0.29, 0.717) is 5.25 Å². The van der Waals surface area contributed by atoms with Crippen LogP contribution in [0.15, 0.2) is 0 Å². The number of rotatable bonds is 4. The van der Waals surface area contributed by atoms with Gasteiger partial charge in [0, 0.05) is 23.8 Å². The van der Waals surface area contributed by atoms with Crippen LogP contribution in [0.4, 0.5) is 5.82 Å². The number of hydrogen-bond donors (Lipinski definition) is 1. The fraction of sp³-hybridized carbons (Fsp3) is 0.667. The molecule has 1 aromatic rings. The second-order valence-corrected chi connectivity index (χ2v) is 7.73. The molecule has 1 atom stereocenters. The second-order valence-electron chi connectivity index (χ2n) is 4.19. The number of nitrogens with zero attached hydrogens (tertiary/aromatic N) is 2. The molecule has 0 aromatic carbocycles. The van der Waals surface area contributed by atoms with Gasteiger partial charge in [-0.15, -0.1) is 11.8 Å². The highest BCUT2D eigenvalue weighted by Gasteiger charge is 2.21. The molecule has 0 amide bonds. The van der Waals surface area contributed by atoms with E-state index in [2.05, 4.69) is 46.7 Å². The van der Waals surface area contributed by atoms with E-state index in [1.54, 1.807) is 0 Å². The molecule has 2 rings (SSSR count). The smallest absolute Gasteiger partial charge is 0.144 e. The van der Waals surface area contributed by atoms with E-state index in [1.807, 2.05) is 23.5 Å². The maximum absolute atomic E-state index is 4.73. The lowest BCUT2D eigenvalue weighted by Gasteiger charge is -2.21. The fourth-order valence-electron chi connectivity index (χ4n) is 1.72. The van der Waals surface area contributed by atoms with E-state index < -0.39 is 0 Å². The number of aromatic nitrogens is 2. The van der Waals surface area contributed by atoms with Gasteiger partial charge >= 0.3 is 0 Å². The highest BCUT2D eigenvalue weighted by atomic mass is 127. The molecule has 100 valence electrons. The van der Waals surface area contributed by atoms with Crippen molar-refractivity contribution in [1.82, 2.24) is 9.97 Å². The molecule has 3 nitrogen and oxygen atoms in total. The Morgan fingerprint density at radius 3 is 2.89 bits per heavy atom. The molecule has 0 bridgehead atoms. The molecule has 1 aliphatic heterocycles. The Hall–Kier alpha value is 0.310. The van der Waals surface area contributed by atoms with Crippen molar-refractivity contribution in [2.24, 2.45) is 0 Å². The number of halogens is 1. The van der Waals surface area contributed by atoms with Crippen molar-refractivity contribution in [2.75, 3.05) is 29.1 Å². The van der Waals surface area contributed by atoms with Crippen LogP contribution in [0.3, 0.4) is 0 Å². The van der Waals surface area contributed by atoms with E-state index in [4.69, 9.17) is 4.98 Å². The third-order valence-electron chi connectivity index (χ3n) is 2.68. The van der Waals surface area contributed by atoms with Gasteiger partial charge in [-0.25, -0.2) is 9.97 Å². The molecule has 1 saturated heterocycles. The summed E-state index contributed by atoms with van der Waals surface area (Å²) in [6, 6.07) is 0. The van der Waals surface area contributed by atoms with E-state index >= 15 is 0 Å². The highest BCUT2D eigenvalue weighted by Crippen LogP contribution is 2.36. The van der Waals surface area contributed by atoms with E-state index in [9.17, 15) is 0 Å². The van der Waals surface area contributed by atoms with Crippen LogP contribution >= 0.6 is 46.1 Å². The van der Waals surface area contributed by atoms with Crippen LogP contribution < -0.4 is 5.32 Å². The minimum absolute atomic E-state index is 0.460. The minimum atomic E-state index is 0.460. The van der Waals surface area contributed by atoms with Crippen molar-refractivity contribution in [1.29, 1.82) is 0 Å². The fourth-order valence-corrected chi connectivity index (χ4v) is 4.75. The topological polar surface area (TPSA) is 37.8 Å². The van der Waals surface area contributed by atoms with Crippen LogP contribution in [-0.4, -0.2) is 33.8 Å². The van der Waals surface area contributed by atoms with E-state index in [0.717, 1.165) is 39.6 Å². The van der Waals surface area contributed by atoms with Gasteiger partial charge in [0.2, 0.25) is 0 Å². The molecule has 1 unspecified atom stereocenters. The van der Waals surface area contributed by atoms with Crippen LogP contribution in [0.1, 0.15) is 30.1 Å². The number of aryl methyl sites for hydroxylation is 1. The Balaban J connectivity index is 2.22. The zero-order valence-corrected chi connectivity index (χ0v) is 14.5. The summed E-state index contributed by atoms with van der Waals surface area (Å²) in [5.41, 5.74) is 1.09. The van der Waals surface area contributed by atoms with E-state index in [-0.39, 0.29) is 0 Å². The molecule has 2 heterocycles. The Morgan fingerprint density at radius 1 is 1.39 bits per heavy atom. The van der Waals surface area contributed by atoms with Gasteiger partial charge in [-0.1, -0.05) is 6.92 Å². The lowest BCUT2D eigenvalue weighted by atomic mass is 10.3. The van der Waals surface area contributed by atoms with Crippen molar-refractivity contribution in [3.63, 3.8) is 0 Å². The van der Waals surface area contributed by atoms with Gasteiger partial charge in [0.25, 0.3) is 0 Å². The van der Waals surface area contributed by atoms with Crippen molar-refractivity contribution in [3.05, 3.63) is 15.1 Å². The molecule has 0 saturated carbocycles. The molecule has 1 fully saturated rings. The Kier molecular flexibility index (Phi) is 5.88. The lowest BCUT2D eigenvalue weighted by Crippen LogP contribution is -2.14. The first kappa shape index (κ1) is 14.7. The molecule has 6 heteroatoms. The molecular weight excluding hydrogens is 377 g/mol. The first-order chi connectivity index (χ1) is 8.72. The van der Waals surface area contributed by atoms with Gasteiger partial charge in [-0.05, 0) is 35.9 Å². The quantitative estimate of drug-likeness (QED) is 0.787. The largest absolute Gasteiger partial charge is 0.369 e. The lowest BCUT2D eigenvalue weighted by molar-refractivity contribution is 0.884. The SMILES string of the molecule is CCCNc1nc(C2CSCCS2)nc(C)c1I. The summed E-state index contributed by atoms with van der Waals surface area (Å²) in [7, 11) is 0. The predicted octanol–water partition coefficient (Wildman–Crippen LogP) is 3.73. The average Bonchev–Trinajstić information content (AvgIpc) is 2.41. The summed E-state index contributed by atoms with van der Waals surface area (Å²) in [5, 5.41) is 3.87. The molecule has 0 spiro atoms. The summed E-state index contributed by atoms with van der Waals surface area (Å²) in [6.45, 7) is 5.21. The normalized spacial score (nSPS) is 19.8. The molecule has 1 aromatic heterocycles. The summed E-state index contributed by atoms with van der Waals surface area (Å²) >= 11 is 6.33. The van der Waals surface area contributed by atoms with Crippen LogP contribution in [0.2, 0.25) is 0 Å². The van der Waals surface area contributed by atoms with Crippen molar-refractivity contribution < 1.29 is 0 Å². The summed E-state index contributed by atoms with van der Waals surface area (Å²) in [5.74, 6) is 5.62. The highest BCUT2D eigenvalue weighted by molar-refractivity contribution is 14.1. The number of hydrogen-bond acceptors (Lipinski definition) is 5. The zero-order valence-electron chi connectivity index (χ0n) is 10.7. The van der Waals surface area contributed by atoms with Gasteiger partial charge in [-0.2, -0.15) is 11.8 Å². The van der Waals surface area contributed by atoms with Crippen LogP contribution in [0, 0.1) is 10.5 Å². The number of nitrogens with one attached hydrogen (secondary N) is 1. The first-order valence-electron chi connectivity index (χ1n) is 6.19. The molecule has 0 radical (unpaired) electrons. The van der Waals surface area contributed by atoms with Crippen molar-refractivity contribution in [3.8, 4) is 0 Å².